The predicted octanol–water partition coefficient (Wildman–Crippen LogP) is 1.86. The molecule has 0 fully saturated rings. The van der Waals surface area contributed by atoms with Gasteiger partial charge in [0.1, 0.15) is 0 Å². The normalized spacial score (nSPS) is 17.8. The van der Waals surface area contributed by atoms with Crippen molar-refractivity contribution in [2.24, 2.45) is 17.6 Å². The monoisotopic (exact) mass is 187 g/mol. The molecule has 0 radical (unpaired) electrons. The van der Waals surface area contributed by atoms with E-state index < -0.39 is 5.97 Å². The number of carboxylic acid groups (broad SMARTS) is 1. The molecular weight excluding hydrogens is 166 g/mol. The van der Waals surface area contributed by atoms with E-state index in [-0.39, 0.29) is 18.4 Å². The molecule has 0 aromatic carbocycles. The van der Waals surface area contributed by atoms with E-state index in [2.05, 4.69) is 13.8 Å². The number of hydrogen-bond acceptors (Lipinski definition) is 2. The van der Waals surface area contributed by atoms with E-state index in [0.717, 1.165) is 12.8 Å². The third-order valence-corrected chi connectivity index (χ3v) is 2.57. The Morgan fingerprint density at radius 1 is 1.46 bits per heavy atom. The summed E-state index contributed by atoms with van der Waals surface area (Å²) in [5.74, 6) is -0.0680. The van der Waals surface area contributed by atoms with E-state index in [9.17, 15) is 4.79 Å². The summed E-state index contributed by atoms with van der Waals surface area (Å²) in [5.41, 5.74) is 5.91. The topological polar surface area (TPSA) is 63.3 Å². The zero-order valence-corrected chi connectivity index (χ0v) is 8.79. The molecule has 3 nitrogen and oxygen atoms in total. The molecule has 0 heterocycles. The van der Waals surface area contributed by atoms with Gasteiger partial charge in [-0.15, -0.1) is 0 Å². The van der Waals surface area contributed by atoms with Gasteiger partial charge in [0.2, 0.25) is 0 Å². The van der Waals surface area contributed by atoms with Crippen LogP contribution < -0.4 is 5.73 Å². The maximum atomic E-state index is 10.4. The fourth-order valence-corrected chi connectivity index (χ4v) is 1.38. The van der Waals surface area contributed by atoms with Crippen LogP contribution in [-0.2, 0) is 4.79 Å². The number of carbonyl (C=O) groups is 1. The molecule has 0 aromatic heterocycles. The van der Waals surface area contributed by atoms with E-state index in [1.165, 1.54) is 0 Å². The molecular formula is C10H21NO2. The Hall–Kier alpha value is -0.570. The minimum absolute atomic E-state index is 0.138. The lowest BCUT2D eigenvalue weighted by molar-refractivity contribution is -0.138. The van der Waals surface area contributed by atoms with E-state index in [0.29, 0.717) is 5.92 Å². The highest BCUT2D eigenvalue weighted by atomic mass is 16.4. The van der Waals surface area contributed by atoms with Crippen molar-refractivity contribution in [1.82, 2.24) is 0 Å². The van der Waals surface area contributed by atoms with Crippen LogP contribution in [0.2, 0.25) is 0 Å². The lowest BCUT2D eigenvalue weighted by Crippen LogP contribution is -2.30. The number of rotatable bonds is 6. The van der Waals surface area contributed by atoms with Crippen LogP contribution in [0.15, 0.2) is 0 Å². The third-order valence-electron chi connectivity index (χ3n) is 2.57. The molecule has 3 N–H and O–H groups in total. The number of hydrogen-bond donors (Lipinski definition) is 2. The summed E-state index contributed by atoms with van der Waals surface area (Å²) in [5, 5.41) is 8.55. The third kappa shape index (κ3) is 5.64. The Balaban J connectivity index is 3.76. The summed E-state index contributed by atoms with van der Waals surface area (Å²) >= 11 is 0. The first-order chi connectivity index (χ1) is 5.97. The van der Waals surface area contributed by atoms with E-state index in [1.54, 1.807) is 0 Å². The molecule has 0 aliphatic heterocycles. The Morgan fingerprint density at radius 3 is 2.38 bits per heavy atom. The average molecular weight is 187 g/mol. The van der Waals surface area contributed by atoms with Gasteiger partial charge in [0.05, 0.1) is 0 Å². The Morgan fingerprint density at radius 2 is 2.00 bits per heavy atom. The zero-order valence-electron chi connectivity index (χ0n) is 8.79. The maximum absolute atomic E-state index is 10.4. The van der Waals surface area contributed by atoms with Crippen molar-refractivity contribution in [3.63, 3.8) is 0 Å². The van der Waals surface area contributed by atoms with Crippen molar-refractivity contribution in [1.29, 1.82) is 0 Å². The maximum Gasteiger partial charge on any atom is 0.303 e. The van der Waals surface area contributed by atoms with Crippen LogP contribution in [0.1, 0.15) is 40.0 Å². The van der Waals surface area contributed by atoms with Crippen molar-refractivity contribution in [2.45, 2.75) is 46.1 Å². The predicted molar refractivity (Wildman–Crippen MR) is 53.5 cm³/mol. The second kappa shape index (κ2) is 5.97. The summed E-state index contributed by atoms with van der Waals surface area (Å²) in [6.45, 7) is 6.15. The number of nitrogens with two attached hydrogens (primary N) is 1. The lowest BCUT2D eigenvalue weighted by Gasteiger charge is -2.21. The summed E-state index contributed by atoms with van der Waals surface area (Å²) in [7, 11) is 0. The highest BCUT2D eigenvalue weighted by Crippen LogP contribution is 2.16. The molecule has 0 saturated heterocycles. The van der Waals surface area contributed by atoms with Gasteiger partial charge in [-0.3, -0.25) is 4.79 Å². The van der Waals surface area contributed by atoms with Gasteiger partial charge < -0.3 is 10.8 Å². The molecule has 3 atom stereocenters. The van der Waals surface area contributed by atoms with Gasteiger partial charge in [0.15, 0.2) is 0 Å². The number of carboxylic acids is 1. The molecule has 0 aliphatic carbocycles. The average Bonchev–Trinajstić information content (AvgIpc) is 2.01. The van der Waals surface area contributed by atoms with Gasteiger partial charge >= 0.3 is 5.97 Å². The molecule has 78 valence electrons. The first kappa shape index (κ1) is 12.4. The van der Waals surface area contributed by atoms with Gasteiger partial charge in [0.25, 0.3) is 0 Å². The van der Waals surface area contributed by atoms with Gasteiger partial charge in [-0.25, -0.2) is 0 Å². The van der Waals surface area contributed by atoms with Gasteiger partial charge in [-0.2, -0.15) is 0 Å². The quantitative estimate of drug-likeness (QED) is 0.667. The molecule has 0 amide bonds. The zero-order chi connectivity index (χ0) is 10.4. The molecule has 0 saturated carbocycles. The van der Waals surface area contributed by atoms with Crippen LogP contribution in [0.25, 0.3) is 0 Å². The van der Waals surface area contributed by atoms with Gasteiger partial charge in [-0.05, 0) is 18.3 Å². The fourth-order valence-electron chi connectivity index (χ4n) is 1.38. The number of aliphatic carboxylic acids is 1. The second-order valence-electron chi connectivity index (χ2n) is 3.99. The first-order valence-electron chi connectivity index (χ1n) is 4.94. The minimum Gasteiger partial charge on any atom is -0.481 e. The standard InChI is InChI=1S/C10H21NO2/c1-4-8(3)9(11)5-7(2)6-10(12)13/h7-9H,4-6,11H2,1-3H3,(H,12,13)/t7-,8+,9-/m1/s1. The van der Waals surface area contributed by atoms with Crippen molar-refractivity contribution in [3.8, 4) is 0 Å². The van der Waals surface area contributed by atoms with Gasteiger partial charge in [0, 0.05) is 12.5 Å². The summed E-state index contributed by atoms with van der Waals surface area (Å²) in [4.78, 5) is 10.4. The summed E-state index contributed by atoms with van der Waals surface area (Å²) in [6.07, 6.45) is 2.09. The van der Waals surface area contributed by atoms with Crippen LogP contribution in [0.3, 0.4) is 0 Å². The largest absolute Gasteiger partial charge is 0.481 e. The molecule has 0 unspecified atom stereocenters. The summed E-state index contributed by atoms with van der Waals surface area (Å²) < 4.78 is 0. The van der Waals surface area contributed by atoms with Crippen molar-refractivity contribution in [3.05, 3.63) is 0 Å². The molecule has 0 spiro atoms. The Bertz CT molecular complexity index is 159. The van der Waals surface area contributed by atoms with Crippen LogP contribution in [0.4, 0.5) is 0 Å². The smallest absolute Gasteiger partial charge is 0.303 e. The van der Waals surface area contributed by atoms with E-state index in [1.807, 2.05) is 6.92 Å². The van der Waals surface area contributed by atoms with Crippen LogP contribution in [0.5, 0.6) is 0 Å². The van der Waals surface area contributed by atoms with Crippen molar-refractivity contribution in [2.75, 3.05) is 0 Å². The van der Waals surface area contributed by atoms with Gasteiger partial charge in [-0.1, -0.05) is 27.2 Å². The second-order valence-corrected chi connectivity index (χ2v) is 3.99. The van der Waals surface area contributed by atoms with E-state index >= 15 is 0 Å². The lowest BCUT2D eigenvalue weighted by atomic mass is 9.90. The highest BCUT2D eigenvalue weighted by Gasteiger charge is 2.16. The van der Waals surface area contributed by atoms with Crippen molar-refractivity contribution < 1.29 is 9.90 Å². The minimum atomic E-state index is -0.733. The highest BCUT2D eigenvalue weighted by molar-refractivity contribution is 5.66. The Labute approximate surface area is 80.3 Å². The molecule has 0 aromatic rings. The molecule has 0 bridgehead atoms. The molecule has 0 rings (SSSR count). The molecule has 0 aliphatic rings. The fraction of sp³-hybridized carbons (Fsp3) is 0.900. The summed E-state index contributed by atoms with van der Waals surface area (Å²) in [6, 6.07) is 0.138. The Kier molecular flexibility index (Phi) is 5.71. The van der Waals surface area contributed by atoms with Crippen LogP contribution in [-0.4, -0.2) is 17.1 Å². The molecule has 13 heavy (non-hydrogen) atoms. The van der Waals surface area contributed by atoms with Crippen LogP contribution >= 0.6 is 0 Å². The van der Waals surface area contributed by atoms with Crippen LogP contribution in [0, 0.1) is 11.8 Å². The van der Waals surface area contributed by atoms with E-state index in [4.69, 9.17) is 10.8 Å². The molecule has 3 heteroatoms. The SMILES string of the molecule is CC[C@H](C)[C@H](N)C[C@@H](C)CC(=O)O. The first-order valence-corrected chi connectivity index (χ1v) is 4.94. The van der Waals surface area contributed by atoms with Crippen molar-refractivity contribution >= 4 is 5.97 Å².